The van der Waals surface area contributed by atoms with Crippen LogP contribution in [0.3, 0.4) is 0 Å². The summed E-state index contributed by atoms with van der Waals surface area (Å²) in [6.45, 7) is 4.01. The van der Waals surface area contributed by atoms with E-state index in [9.17, 15) is 9.59 Å². The number of methoxy groups -OCH3 is 1. The Hall–Kier alpha value is -2.70. The van der Waals surface area contributed by atoms with Crippen molar-refractivity contribution in [2.75, 3.05) is 46.5 Å². The van der Waals surface area contributed by atoms with Crippen LogP contribution in [0.5, 0.6) is 17.2 Å². The van der Waals surface area contributed by atoms with Crippen LogP contribution < -0.4 is 14.2 Å². The highest BCUT2D eigenvalue weighted by Gasteiger charge is 2.30. The molecule has 0 saturated carbocycles. The number of hydrogen-bond donors (Lipinski definition) is 0. The van der Waals surface area contributed by atoms with E-state index in [0.717, 1.165) is 44.3 Å². The van der Waals surface area contributed by atoms with Gasteiger partial charge in [0.25, 0.3) is 0 Å². The first-order chi connectivity index (χ1) is 15.2. The van der Waals surface area contributed by atoms with Gasteiger partial charge in [-0.25, -0.2) is 0 Å². The van der Waals surface area contributed by atoms with E-state index in [1.54, 1.807) is 19.3 Å². The molecule has 0 aliphatic carbocycles. The lowest BCUT2D eigenvalue weighted by atomic mass is 9.95. The minimum atomic E-state index is -0.0328. The highest BCUT2D eigenvalue weighted by atomic mass is 16.6. The zero-order valence-electron chi connectivity index (χ0n) is 18.3. The predicted octanol–water partition coefficient (Wildman–Crippen LogP) is 3.12. The van der Waals surface area contributed by atoms with Gasteiger partial charge in [-0.3, -0.25) is 9.59 Å². The topological polar surface area (TPSA) is 68.3 Å². The molecule has 0 N–H and O–H groups in total. The van der Waals surface area contributed by atoms with Crippen LogP contribution in [0.15, 0.2) is 18.2 Å². The number of rotatable bonds is 4. The Morgan fingerprint density at radius 3 is 2.39 bits per heavy atom. The van der Waals surface area contributed by atoms with Crippen LogP contribution in [0.1, 0.15) is 44.1 Å². The molecule has 0 unspecified atom stereocenters. The first kappa shape index (κ1) is 21.5. The zero-order chi connectivity index (χ0) is 21.6. The standard InChI is InChI=1S/C24H32N2O5/c1-29-20-16-18(17-21-23(20)31-15-14-30-21)6-7-22(27)25-12-8-19(9-13-25)24(28)26-10-4-2-3-5-11-26/h6-7,16-17,19H,2-5,8-15H2,1H3/b7-6+. The number of amides is 2. The molecule has 1 aromatic carbocycles. The third kappa shape index (κ3) is 5.14. The fraction of sp³-hybridized carbons (Fsp3) is 0.583. The normalized spacial score (nSPS) is 19.9. The molecule has 3 heterocycles. The third-order valence-electron chi connectivity index (χ3n) is 6.34. The highest BCUT2D eigenvalue weighted by molar-refractivity contribution is 5.92. The molecule has 0 radical (unpaired) electrons. The second-order valence-electron chi connectivity index (χ2n) is 8.42. The number of piperidine rings is 1. The lowest BCUT2D eigenvalue weighted by Crippen LogP contribution is -2.44. The molecule has 3 aliphatic rings. The van der Waals surface area contributed by atoms with Crippen molar-refractivity contribution in [3.8, 4) is 17.2 Å². The minimum Gasteiger partial charge on any atom is -0.493 e. The van der Waals surface area contributed by atoms with Crippen molar-refractivity contribution in [2.24, 2.45) is 5.92 Å². The number of benzene rings is 1. The zero-order valence-corrected chi connectivity index (χ0v) is 18.3. The van der Waals surface area contributed by atoms with E-state index in [1.807, 2.05) is 21.9 Å². The van der Waals surface area contributed by atoms with Crippen LogP contribution in [-0.4, -0.2) is 68.1 Å². The molecule has 7 heteroatoms. The Morgan fingerprint density at radius 2 is 1.68 bits per heavy atom. The van der Waals surface area contributed by atoms with E-state index in [-0.39, 0.29) is 17.7 Å². The highest BCUT2D eigenvalue weighted by Crippen LogP contribution is 2.40. The molecule has 1 aromatic rings. The van der Waals surface area contributed by atoms with Gasteiger partial charge >= 0.3 is 0 Å². The van der Waals surface area contributed by atoms with Crippen molar-refractivity contribution in [1.29, 1.82) is 0 Å². The van der Waals surface area contributed by atoms with E-state index in [2.05, 4.69) is 0 Å². The number of fused-ring (bicyclic) bond motifs is 1. The summed E-state index contributed by atoms with van der Waals surface area (Å²) >= 11 is 0. The van der Waals surface area contributed by atoms with E-state index >= 15 is 0 Å². The van der Waals surface area contributed by atoms with Crippen molar-refractivity contribution < 1.29 is 23.8 Å². The third-order valence-corrected chi connectivity index (χ3v) is 6.34. The van der Waals surface area contributed by atoms with Crippen LogP contribution >= 0.6 is 0 Å². The lowest BCUT2D eigenvalue weighted by Gasteiger charge is -2.33. The fourth-order valence-electron chi connectivity index (χ4n) is 4.56. The van der Waals surface area contributed by atoms with E-state index in [1.165, 1.54) is 12.8 Å². The van der Waals surface area contributed by atoms with Crippen LogP contribution in [0.2, 0.25) is 0 Å². The van der Waals surface area contributed by atoms with Crippen molar-refractivity contribution in [2.45, 2.75) is 38.5 Å². The van der Waals surface area contributed by atoms with Crippen molar-refractivity contribution in [3.05, 3.63) is 23.8 Å². The van der Waals surface area contributed by atoms with E-state index in [0.29, 0.717) is 43.6 Å². The Morgan fingerprint density at radius 1 is 0.968 bits per heavy atom. The first-order valence-electron chi connectivity index (χ1n) is 11.4. The lowest BCUT2D eigenvalue weighted by molar-refractivity contribution is -0.139. The van der Waals surface area contributed by atoms with Gasteiger partial charge in [0.15, 0.2) is 11.5 Å². The summed E-state index contributed by atoms with van der Waals surface area (Å²) in [5.74, 6) is 2.13. The molecule has 0 spiro atoms. The molecule has 31 heavy (non-hydrogen) atoms. The van der Waals surface area contributed by atoms with Crippen LogP contribution in [-0.2, 0) is 9.59 Å². The molecular weight excluding hydrogens is 396 g/mol. The van der Waals surface area contributed by atoms with Gasteiger partial charge in [0.2, 0.25) is 17.6 Å². The monoisotopic (exact) mass is 428 g/mol. The van der Waals surface area contributed by atoms with Crippen LogP contribution in [0.25, 0.3) is 6.08 Å². The minimum absolute atomic E-state index is 0.0328. The van der Waals surface area contributed by atoms with Crippen molar-refractivity contribution in [3.63, 3.8) is 0 Å². The van der Waals surface area contributed by atoms with Gasteiger partial charge in [-0.15, -0.1) is 0 Å². The summed E-state index contributed by atoms with van der Waals surface area (Å²) in [6, 6.07) is 3.69. The van der Waals surface area contributed by atoms with Gasteiger partial charge in [-0.1, -0.05) is 12.8 Å². The maximum absolute atomic E-state index is 12.8. The van der Waals surface area contributed by atoms with Gasteiger partial charge in [-0.2, -0.15) is 0 Å². The molecule has 0 bridgehead atoms. The second-order valence-corrected chi connectivity index (χ2v) is 8.42. The summed E-state index contributed by atoms with van der Waals surface area (Å²) in [5.41, 5.74) is 0.820. The fourth-order valence-corrected chi connectivity index (χ4v) is 4.56. The molecule has 0 atom stereocenters. The van der Waals surface area contributed by atoms with E-state index in [4.69, 9.17) is 14.2 Å². The number of hydrogen-bond acceptors (Lipinski definition) is 5. The molecule has 3 aliphatic heterocycles. The summed E-state index contributed by atoms with van der Waals surface area (Å²) in [6.07, 6.45) is 9.51. The summed E-state index contributed by atoms with van der Waals surface area (Å²) in [5, 5.41) is 0. The number of ether oxygens (including phenoxy) is 3. The first-order valence-corrected chi connectivity index (χ1v) is 11.4. The van der Waals surface area contributed by atoms with Gasteiger partial charge < -0.3 is 24.0 Å². The summed E-state index contributed by atoms with van der Waals surface area (Å²) in [4.78, 5) is 29.4. The molecular formula is C24H32N2O5. The van der Waals surface area contributed by atoms with Crippen molar-refractivity contribution in [1.82, 2.24) is 9.80 Å². The van der Waals surface area contributed by atoms with Crippen molar-refractivity contribution >= 4 is 17.9 Å². The predicted molar refractivity (Wildman–Crippen MR) is 117 cm³/mol. The molecule has 0 aromatic heterocycles. The maximum atomic E-state index is 12.8. The number of carbonyl (C=O) groups is 2. The second kappa shape index (κ2) is 10.1. The Bertz CT molecular complexity index is 804. The Labute approximate surface area is 183 Å². The van der Waals surface area contributed by atoms with E-state index < -0.39 is 0 Å². The van der Waals surface area contributed by atoms with Gasteiger partial charge in [0, 0.05) is 38.2 Å². The molecule has 2 saturated heterocycles. The molecule has 4 rings (SSSR count). The smallest absolute Gasteiger partial charge is 0.246 e. The number of likely N-dealkylation sites (tertiary alicyclic amines) is 2. The quantitative estimate of drug-likeness (QED) is 0.690. The maximum Gasteiger partial charge on any atom is 0.246 e. The van der Waals surface area contributed by atoms with Gasteiger partial charge in [-0.05, 0) is 49.5 Å². The molecule has 2 amide bonds. The van der Waals surface area contributed by atoms with Gasteiger partial charge in [0.1, 0.15) is 13.2 Å². The van der Waals surface area contributed by atoms with Crippen LogP contribution in [0, 0.1) is 5.92 Å². The molecule has 7 nitrogen and oxygen atoms in total. The summed E-state index contributed by atoms with van der Waals surface area (Å²) in [7, 11) is 1.59. The SMILES string of the molecule is COc1cc(/C=C/C(=O)N2CCC(C(=O)N3CCCCCC3)CC2)cc2c1OCCO2. The van der Waals surface area contributed by atoms with Crippen LogP contribution in [0.4, 0.5) is 0 Å². The largest absolute Gasteiger partial charge is 0.493 e. The number of nitrogens with zero attached hydrogens (tertiary/aromatic N) is 2. The Balaban J connectivity index is 1.33. The average Bonchev–Trinajstić information content (AvgIpc) is 3.11. The number of carbonyl (C=O) groups excluding carboxylic acids is 2. The summed E-state index contributed by atoms with van der Waals surface area (Å²) < 4.78 is 16.7. The molecule has 2 fully saturated rings. The average molecular weight is 429 g/mol. The van der Waals surface area contributed by atoms with Gasteiger partial charge in [0.05, 0.1) is 7.11 Å². The Kier molecular flexibility index (Phi) is 6.99. The molecule has 168 valence electrons.